The highest BCUT2D eigenvalue weighted by Gasteiger charge is 2.41. The van der Waals surface area contributed by atoms with Crippen LogP contribution in [0.15, 0.2) is 30.3 Å². The van der Waals surface area contributed by atoms with Gasteiger partial charge in [0.1, 0.15) is 16.4 Å². The highest BCUT2D eigenvalue weighted by molar-refractivity contribution is 7.17. The largest absolute Gasteiger partial charge is 0.462 e. The number of carbonyl (C=O) groups is 2. The Morgan fingerprint density at radius 2 is 1.85 bits per heavy atom. The van der Waals surface area contributed by atoms with Crippen LogP contribution < -0.4 is 9.80 Å². The van der Waals surface area contributed by atoms with Crippen molar-refractivity contribution in [3.63, 3.8) is 0 Å². The minimum absolute atomic E-state index is 0.0774. The van der Waals surface area contributed by atoms with Crippen molar-refractivity contribution in [1.29, 1.82) is 0 Å². The molecule has 1 saturated heterocycles. The third-order valence-electron chi connectivity index (χ3n) is 7.46. The summed E-state index contributed by atoms with van der Waals surface area (Å²) in [4.78, 5) is 42.1. The Morgan fingerprint density at radius 3 is 2.52 bits per heavy atom. The van der Waals surface area contributed by atoms with E-state index < -0.39 is 11.4 Å². The number of piperazine rings is 1. The molecule has 0 spiro atoms. The van der Waals surface area contributed by atoms with Gasteiger partial charge in [0.2, 0.25) is 0 Å². The lowest BCUT2D eigenvalue weighted by Crippen LogP contribution is -2.61. The molecule has 3 aromatic rings. The van der Waals surface area contributed by atoms with E-state index in [0.29, 0.717) is 54.7 Å². The van der Waals surface area contributed by atoms with Crippen LogP contribution in [0.3, 0.4) is 0 Å². The van der Waals surface area contributed by atoms with Crippen LogP contribution in [0.2, 0.25) is 5.02 Å². The first-order valence-corrected chi connectivity index (χ1v) is 14.5. The third-order valence-corrected chi connectivity index (χ3v) is 8.96. The number of rotatable bonds is 5. The molecule has 1 amide bonds. The zero-order valence-corrected chi connectivity index (χ0v) is 25.1. The number of thiazole rings is 1. The topological polar surface area (TPSA) is 78.9 Å². The predicted molar refractivity (Wildman–Crippen MR) is 156 cm³/mol. The lowest BCUT2D eigenvalue weighted by molar-refractivity contribution is 0.0504. The van der Waals surface area contributed by atoms with Crippen LogP contribution in [0.5, 0.6) is 0 Å². The molecule has 0 atom stereocenters. The van der Waals surface area contributed by atoms with Crippen LogP contribution in [0.25, 0.3) is 0 Å². The second-order valence-electron chi connectivity index (χ2n) is 11.5. The lowest BCUT2D eigenvalue weighted by atomic mass is 9.91. The highest BCUT2D eigenvalue weighted by atomic mass is 35.5. The van der Waals surface area contributed by atoms with E-state index in [1.807, 2.05) is 36.6 Å². The molecule has 0 radical (unpaired) electrons. The Morgan fingerprint density at radius 1 is 1.10 bits per heavy atom. The Balaban J connectivity index is 1.37. The number of aromatic nitrogens is 2. The molecule has 0 N–H and O–H groups in total. The van der Waals surface area contributed by atoms with Crippen LogP contribution in [0.4, 0.5) is 20.9 Å². The van der Waals surface area contributed by atoms with E-state index in [-0.39, 0.29) is 22.3 Å². The monoisotopic (exact) mass is 585 g/mol. The van der Waals surface area contributed by atoms with Gasteiger partial charge in [-0.2, -0.15) is 0 Å². The van der Waals surface area contributed by atoms with E-state index in [1.54, 1.807) is 25.1 Å². The summed E-state index contributed by atoms with van der Waals surface area (Å²) in [6.45, 7) is 14.3. The normalized spacial score (nSPS) is 17.6. The molecule has 40 heavy (non-hydrogen) atoms. The van der Waals surface area contributed by atoms with Gasteiger partial charge in [0.15, 0.2) is 5.13 Å². The Bertz CT molecular complexity index is 1490. The zero-order valence-electron chi connectivity index (χ0n) is 23.5. The molecule has 212 valence electrons. The number of carbonyl (C=O) groups excluding carboxylic acids is 2. The van der Waals surface area contributed by atoms with E-state index in [1.165, 1.54) is 17.4 Å². The Labute approximate surface area is 242 Å². The zero-order chi connectivity index (χ0) is 29.0. The number of aryl methyl sites for hydroxylation is 1. The number of nitrogens with zero attached hydrogens (tertiary/aromatic N) is 5. The van der Waals surface area contributed by atoms with Crippen molar-refractivity contribution in [3.05, 3.63) is 63.1 Å². The van der Waals surface area contributed by atoms with Crippen molar-refractivity contribution < 1.29 is 18.7 Å². The lowest BCUT2D eigenvalue weighted by Gasteiger charge is -2.47. The van der Waals surface area contributed by atoms with Crippen molar-refractivity contribution in [1.82, 2.24) is 14.9 Å². The summed E-state index contributed by atoms with van der Waals surface area (Å²) in [5, 5.41) is 0.825. The molecule has 11 heteroatoms. The molecule has 0 unspecified atom stereocenters. The number of ether oxygens (including phenoxy) is 1. The summed E-state index contributed by atoms with van der Waals surface area (Å²) >= 11 is 7.22. The Hall–Kier alpha value is -3.24. The Kier molecular flexibility index (Phi) is 7.29. The van der Waals surface area contributed by atoms with E-state index in [9.17, 15) is 14.0 Å². The molecule has 2 aliphatic rings. The van der Waals surface area contributed by atoms with E-state index in [2.05, 4.69) is 23.7 Å². The smallest absolute Gasteiger partial charge is 0.350 e. The first kappa shape index (κ1) is 28.3. The van der Waals surface area contributed by atoms with Gasteiger partial charge < -0.3 is 19.4 Å². The van der Waals surface area contributed by atoms with E-state index in [0.717, 1.165) is 16.5 Å². The second kappa shape index (κ2) is 10.3. The summed E-state index contributed by atoms with van der Waals surface area (Å²) < 4.78 is 19.4. The van der Waals surface area contributed by atoms with Gasteiger partial charge in [0.25, 0.3) is 5.91 Å². The SMILES string of the molecule is CCOC(=O)c1sc(N2CCN(C(=O)c3ccc4c(n3)C(C)(C)CN4c3ccc(Cl)c(F)c3)C(C)(C)C2)nc1C. The minimum atomic E-state index is -0.512. The molecule has 4 heterocycles. The molecular formula is C29H33ClFN5O3S. The van der Waals surface area contributed by atoms with Gasteiger partial charge in [-0.1, -0.05) is 36.8 Å². The van der Waals surface area contributed by atoms with Gasteiger partial charge in [-0.25, -0.2) is 19.2 Å². The summed E-state index contributed by atoms with van der Waals surface area (Å²) in [5.74, 6) is -0.972. The highest BCUT2D eigenvalue weighted by Crippen LogP contribution is 2.44. The van der Waals surface area contributed by atoms with Gasteiger partial charge in [0, 0.05) is 37.3 Å². The maximum absolute atomic E-state index is 14.2. The number of halogens is 2. The van der Waals surface area contributed by atoms with E-state index in [4.69, 9.17) is 21.3 Å². The molecule has 0 aliphatic carbocycles. The number of amides is 1. The number of hydrogen-bond acceptors (Lipinski definition) is 8. The molecule has 5 rings (SSSR count). The number of pyridine rings is 1. The fraction of sp³-hybridized carbons (Fsp3) is 0.448. The van der Waals surface area contributed by atoms with Crippen LogP contribution in [0, 0.1) is 12.7 Å². The summed E-state index contributed by atoms with van der Waals surface area (Å²) in [6.07, 6.45) is 0. The fourth-order valence-corrected chi connectivity index (χ4v) is 6.56. The molecule has 2 aliphatic heterocycles. The van der Waals surface area contributed by atoms with Crippen LogP contribution in [-0.2, 0) is 10.2 Å². The van der Waals surface area contributed by atoms with Gasteiger partial charge in [-0.15, -0.1) is 0 Å². The summed E-state index contributed by atoms with van der Waals surface area (Å²) in [7, 11) is 0. The van der Waals surface area contributed by atoms with Crippen molar-refractivity contribution in [3.8, 4) is 0 Å². The van der Waals surface area contributed by atoms with Crippen LogP contribution in [0.1, 0.15) is 66.2 Å². The molecule has 1 aromatic carbocycles. The standard InChI is InChI=1S/C29H33ClFN5O3S/c1-7-39-26(38)23-17(2)32-27(40-23)34-12-13-36(29(5,6)16-34)25(37)21-10-11-22-24(33-21)28(3,4)15-35(22)18-8-9-19(30)20(31)14-18/h8-11,14H,7,12-13,15-16H2,1-6H3. The van der Waals surface area contributed by atoms with Crippen molar-refractivity contribution in [2.24, 2.45) is 0 Å². The summed E-state index contributed by atoms with van der Waals surface area (Å²) in [6, 6.07) is 8.41. The first-order valence-electron chi connectivity index (χ1n) is 13.3. The van der Waals surface area contributed by atoms with Crippen molar-refractivity contribution in [2.45, 2.75) is 52.5 Å². The number of esters is 1. The predicted octanol–water partition coefficient (Wildman–Crippen LogP) is 5.99. The van der Waals surface area contributed by atoms with E-state index >= 15 is 0 Å². The number of anilines is 3. The molecule has 2 aromatic heterocycles. The molecule has 0 bridgehead atoms. The maximum Gasteiger partial charge on any atom is 0.350 e. The van der Waals surface area contributed by atoms with Crippen LogP contribution >= 0.6 is 22.9 Å². The quantitative estimate of drug-likeness (QED) is 0.341. The third kappa shape index (κ3) is 5.03. The van der Waals surface area contributed by atoms with Gasteiger partial charge in [-0.3, -0.25) is 4.79 Å². The van der Waals surface area contributed by atoms with Gasteiger partial charge in [0.05, 0.1) is 34.2 Å². The average Bonchev–Trinajstić information content (AvgIpc) is 3.41. The number of benzene rings is 1. The van der Waals surface area contributed by atoms with Crippen LogP contribution in [-0.4, -0.2) is 65.1 Å². The fourth-order valence-electron chi connectivity index (χ4n) is 5.46. The summed E-state index contributed by atoms with van der Waals surface area (Å²) in [5.41, 5.74) is 2.51. The van der Waals surface area contributed by atoms with Crippen molar-refractivity contribution >= 4 is 51.3 Å². The molecular weight excluding hydrogens is 553 g/mol. The van der Waals surface area contributed by atoms with Crippen molar-refractivity contribution in [2.75, 3.05) is 42.6 Å². The first-order chi connectivity index (χ1) is 18.8. The second-order valence-corrected chi connectivity index (χ2v) is 12.8. The minimum Gasteiger partial charge on any atom is -0.462 e. The maximum atomic E-state index is 14.2. The van der Waals surface area contributed by atoms with Gasteiger partial charge in [-0.05, 0) is 58.0 Å². The molecule has 1 fully saturated rings. The molecule has 8 nitrogen and oxygen atoms in total. The average molecular weight is 586 g/mol. The molecule has 0 saturated carbocycles. The number of fused-ring (bicyclic) bond motifs is 1. The van der Waals surface area contributed by atoms with Gasteiger partial charge >= 0.3 is 5.97 Å². The number of hydrogen-bond donors (Lipinski definition) is 0.